The molecule has 4 fully saturated rings. The number of methoxy groups -OCH3 is 1. The molecular formula is C49H59FN8O8. The predicted octanol–water partition coefficient (Wildman–Crippen LogP) is 5.62. The number of piperidine rings is 2. The molecule has 0 unspecified atom stereocenters. The van der Waals surface area contributed by atoms with E-state index in [0.29, 0.717) is 54.5 Å². The number of hydrogen-bond donors (Lipinski definition) is 2. The highest BCUT2D eigenvalue weighted by atomic mass is 19.1. The Labute approximate surface area is 384 Å². The number of hydrogen-bond acceptors (Lipinski definition) is 13. The summed E-state index contributed by atoms with van der Waals surface area (Å²) in [7, 11) is 1.39. The van der Waals surface area contributed by atoms with Gasteiger partial charge < -0.3 is 24.4 Å². The van der Waals surface area contributed by atoms with Crippen LogP contribution in [0.4, 0.5) is 10.3 Å². The SMILES string of the molecule is COc1cc(OC2CC(N(CC3(F)CCN(c4ncc(C(=O)NC5C(C)(C)C(Oc6cc(C)c(C#N)c(C)c6)C5(C)C)cn4)CC3)C(C)C)C2)cc2c1C(=O)N([C@@H]1CCC(=O)NC1=O)C2=O. The highest BCUT2D eigenvalue weighted by Gasteiger charge is 2.64. The first-order valence-corrected chi connectivity index (χ1v) is 22.8. The van der Waals surface area contributed by atoms with E-state index in [2.05, 4.69) is 73.1 Å². The second kappa shape index (κ2) is 17.3. The first kappa shape index (κ1) is 46.4. The number of nitriles is 1. The van der Waals surface area contributed by atoms with Crippen LogP contribution in [0.5, 0.6) is 17.2 Å². The molecule has 1 atom stereocenters. The van der Waals surface area contributed by atoms with Crippen LogP contribution in [0.3, 0.4) is 0 Å². The summed E-state index contributed by atoms with van der Waals surface area (Å²) < 4.78 is 35.0. The van der Waals surface area contributed by atoms with Crippen molar-refractivity contribution in [3.05, 3.63) is 70.0 Å². The minimum absolute atomic E-state index is 0.0153. The normalized spacial score (nSPS) is 25.1. The van der Waals surface area contributed by atoms with Crippen molar-refractivity contribution in [1.82, 2.24) is 30.4 Å². The fraction of sp³-hybridized carbons (Fsp3) is 0.551. The summed E-state index contributed by atoms with van der Waals surface area (Å²) in [4.78, 5) is 78.8. The fourth-order valence-electron chi connectivity index (χ4n) is 11.1. The standard InChI is InChI=1S/C49H59FN8O8/c1-26(2)57(30-18-32(19-30)65-33-20-34-39(37(21-33)64-9)43(63)58(42(34)62)36-10-11-38(59)54-41(36)61)25-49(50)12-14-56(15-13-49)46-52-23-29(24-53-46)40(60)55-44-47(5,6)45(48(44,7)8)66-31-16-27(3)35(22-51)28(4)17-31/h16-17,20-21,23-24,26,30,32,36,44-45H,10-15,18-19,25H2,1-9H3,(H,55,60)(H,54,59,61)/t30?,32?,36-,44?,45?/m1/s1. The maximum absolute atomic E-state index is 16.7. The number of carbonyl (C=O) groups excluding carboxylic acids is 5. The molecule has 1 aromatic heterocycles. The number of alkyl halides is 1. The number of aromatic nitrogens is 2. The van der Waals surface area contributed by atoms with Crippen molar-refractivity contribution in [2.75, 3.05) is 31.6 Å². The van der Waals surface area contributed by atoms with Gasteiger partial charge in [-0.05, 0) is 63.4 Å². The fourth-order valence-corrected chi connectivity index (χ4v) is 11.1. The molecule has 16 nitrogen and oxygen atoms in total. The van der Waals surface area contributed by atoms with Gasteiger partial charge in [-0.3, -0.25) is 39.1 Å². The van der Waals surface area contributed by atoms with Crippen LogP contribution in [0.25, 0.3) is 0 Å². The highest BCUT2D eigenvalue weighted by molar-refractivity contribution is 6.24. The summed E-state index contributed by atoms with van der Waals surface area (Å²) >= 11 is 0. The smallest absolute Gasteiger partial charge is 0.266 e. The van der Waals surface area contributed by atoms with E-state index in [4.69, 9.17) is 14.2 Å². The second-order valence-corrected chi connectivity index (χ2v) is 20.1. The van der Waals surface area contributed by atoms with E-state index < -0.39 is 46.2 Å². The lowest BCUT2D eigenvalue weighted by atomic mass is 9.49. The van der Waals surface area contributed by atoms with Gasteiger partial charge in [-0.1, -0.05) is 27.7 Å². The molecule has 8 rings (SSSR count). The third-order valence-corrected chi connectivity index (χ3v) is 14.5. The maximum Gasteiger partial charge on any atom is 0.266 e. The molecule has 2 saturated heterocycles. The number of ether oxygens (including phenoxy) is 3. The molecule has 2 aliphatic carbocycles. The van der Waals surface area contributed by atoms with Crippen molar-refractivity contribution in [3.63, 3.8) is 0 Å². The van der Waals surface area contributed by atoms with E-state index in [1.54, 1.807) is 6.07 Å². The predicted molar refractivity (Wildman–Crippen MR) is 240 cm³/mol. The number of nitrogens with one attached hydrogen (secondary N) is 2. The maximum atomic E-state index is 16.7. The van der Waals surface area contributed by atoms with Gasteiger partial charge in [-0.15, -0.1) is 0 Å². The Morgan fingerprint density at radius 1 is 0.970 bits per heavy atom. The van der Waals surface area contributed by atoms with E-state index in [-0.39, 0.29) is 85.3 Å². The lowest BCUT2D eigenvalue weighted by molar-refractivity contribution is -0.164. The number of benzene rings is 2. The van der Waals surface area contributed by atoms with Gasteiger partial charge in [0, 0.05) is 99.2 Å². The number of carbonyl (C=O) groups is 5. The molecule has 66 heavy (non-hydrogen) atoms. The van der Waals surface area contributed by atoms with Gasteiger partial charge in [0.25, 0.3) is 17.7 Å². The number of imide groups is 2. The van der Waals surface area contributed by atoms with Crippen LogP contribution < -0.4 is 29.7 Å². The number of anilines is 1. The molecule has 2 aromatic carbocycles. The zero-order valence-corrected chi connectivity index (χ0v) is 39.1. The topological polar surface area (TPSA) is 196 Å². The third-order valence-electron chi connectivity index (χ3n) is 14.5. The number of rotatable bonds is 13. The Bertz CT molecular complexity index is 2470. The number of aryl methyl sites for hydroxylation is 2. The van der Waals surface area contributed by atoms with E-state index in [1.165, 1.54) is 25.6 Å². The molecule has 0 radical (unpaired) electrons. The first-order chi connectivity index (χ1) is 31.1. The lowest BCUT2D eigenvalue weighted by Crippen LogP contribution is -2.74. The minimum Gasteiger partial charge on any atom is -0.496 e. The number of fused-ring (bicyclic) bond motifs is 1. The van der Waals surface area contributed by atoms with Gasteiger partial charge in [0.05, 0.1) is 35.4 Å². The minimum atomic E-state index is -1.44. The molecule has 3 aliphatic heterocycles. The molecule has 4 heterocycles. The van der Waals surface area contributed by atoms with Gasteiger partial charge in [0.15, 0.2) is 0 Å². The molecular weight excluding hydrogens is 848 g/mol. The molecule has 2 saturated carbocycles. The summed E-state index contributed by atoms with van der Waals surface area (Å²) in [5.74, 6) is -1.10. The largest absolute Gasteiger partial charge is 0.496 e. The van der Waals surface area contributed by atoms with Crippen LogP contribution >= 0.6 is 0 Å². The van der Waals surface area contributed by atoms with Gasteiger partial charge in [-0.25, -0.2) is 14.4 Å². The molecule has 3 aromatic rings. The van der Waals surface area contributed by atoms with Crippen molar-refractivity contribution < 1.29 is 42.6 Å². The van der Waals surface area contributed by atoms with Gasteiger partial charge in [0.2, 0.25) is 17.8 Å². The van der Waals surface area contributed by atoms with Crippen LogP contribution in [0.1, 0.15) is 128 Å². The quantitative estimate of drug-likeness (QED) is 0.201. The summed E-state index contributed by atoms with van der Waals surface area (Å²) in [5, 5.41) is 14.9. The number of nitrogens with zero attached hydrogens (tertiary/aromatic N) is 6. The third kappa shape index (κ3) is 8.33. The molecule has 0 bridgehead atoms. The average Bonchev–Trinajstić information content (AvgIpc) is 3.50. The molecule has 5 aliphatic rings. The molecule has 5 amide bonds. The van der Waals surface area contributed by atoms with Crippen LogP contribution in [0.15, 0.2) is 36.7 Å². The van der Waals surface area contributed by atoms with Gasteiger partial charge in [-0.2, -0.15) is 5.26 Å². The summed E-state index contributed by atoms with van der Waals surface area (Å²) in [6.07, 6.45) is 4.50. The monoisotopic (exact) mass is 906 g/mol. The number of halogens is 1. The molecule has 0 spiro atoms. The van der Waals surface area contributed by atoms with Crippen LogP contribution in [-0.2, 0) is 9.59 Å². The second-order valence-electron chi connectivity index (χ2n) is 20.1. The summed E-state index contributed by atoms with van der Waals surface area (Å²) in [5.41, 5.74) is 0.563. The Morgan fingerprint density at radius 2 is 1.59 bits per heavy atom. The van der Waals surface area contributed by atoms with Crippen molar-refractivity contribution in [2.24, 2.45) is 10.8 Å². The van der Waals surface area contributed by atoms with Crippen molar-refractivity contribution in [1.29, 1.82) is 5.26 Å². The van der Waals surface area contributed by atoms with E-state index in [1.807, 2.05) is 30.9 Å². The summed E-state index contributed by atoms with van der Waals surface area (Å²) in [6, 6.07) is 7.91. The Hall–Kier alpha value is -6.15. The molecule has 17 heteroatoms. The van der Waals surface area contributed by atoms with Crippen LogP contribution in [0.2, 0.25) is 0 Å². The van der Waals surface area contributed by atoms with Gasteiger partial charge in [0.1, 0.15) is 41.2 Å². The lowest BCUT2D eigenvalue weighted by Gasteiger charge is -2.63. The van der Waals surface area contributed by atoms with Crippen molar-refractivity contribution >= 4 is 35.5 Å². The van der Waals surface area contributed by atoms with Crippen molar-refractivity contribution in [3.8, 4) is 23.3 Å². The first-order valence-electron chi connectivity index (χ1n) is 22.8. The Morgan fingerprint density at radius 3 is 2.17 bits per heavy atom. The number of amides is 5. The van der Waals surface area contributed by atoms with E-state index >= 15 is 4.39 Å². The van der Waals surface area contributed by atoms with Crippen LogP contribution in [-0.4, -0.2) is 118 Å². The van der Waals surface area contributed by atoms with Crippen molar-refractivity contribution in [2.45, 2.75) is 136 Å². The van der Waals surface area contributed by atoms with Crippen LogP contribution in [0, 0.1) is 36.0 Å². The van der Waals surface area contributed by atoms with E-state index in [9.17, 15) is 29.2 Å². The molecule has 350 valence electrons. The summed E-state index contributed by atoms with van der Waals surface area (Å²) in [6.45, 7) is 17.3. The zero-order valence-electron chi connectivity index (χ0n) is 39.1. The average molecular weight is 907 g/mol. The zero-order chi connectivity index (χ0) is 47.6. The Balaban J connectivity index is 0.828. The Kier molecular flexibility index (Phi) is 12.1. The molecule has 2 N–H and O–H groups in total. The van der Waals surface area contributed by atoms with E-state index in [0.717, 1.165) is 16.0 Å². The highest BCUT2D eigenvalue weighted by Crippen LogP contribution is 2.55. The van der Waals surface area contributed by atoms with Gasteiger partial charge >= 0.3 is 0 Å².